The highest BCUT2D eigenvalue weighted by Gasteiger charge is 2.66. The number of rotatable bonds is 8. The molecule has 256 valence electrons. The van der Waals surface area contributed by atoms with Gasteiger partial charge in [0.2, 0.25) is 0 Å². The molecule has 0 amide bonds. The Kier molecular flexibility index (Phi) is 9.55. The fourth-order valence-electron chi connectivity index (χ4n) is 10.8. The third-order valence-corrected chi connectivity index (χ3v) is 13.8. The van der Waals surface area contributed by atoms with E-state index in [0.717, 1.165) is 38.5 Å². The van der Waals surface area contributed by atoms with Crippen molar-refractivity contribution in [2.75, 3.05) is 6.61 Å². The van der Waals surface area contributed by atoms with Crippen LogP contribution in [0, 0.1) is 39.4 Å². The van der Waals surface area contributed by atoms with Crippen molar-refractivity contribution in [2.24, 2.45) is 39.4 Å². The zero-order valence-corrected chi connectivity index (χ0v) is 28.3. The van der Waals surface area contributed by atoms with E-state index in [2.05, 4.69) is 40.7 Å². The summed E-state index contributed by atoms with van der Waals surface area (Å²) in [6.45, 7) is 14.7. The van der Waals surface area contributed by atoms with Crippen molar-refractivity contribution in [2.45, 2.75) is 149 Å². The number of allylic oxidation sites excluding steroid dienone is 3. The number of fused-ring (bicyclic) bond motifs is 4. The van der Waals surface area contributed by atoms with Gasteiger partial charge in [0.05, 0.1) is 24.7 Å². The van der Waals surface area contributed by atoms with E-state index in [9.17, 15) is 35.4 Å². The van der Waals surface area contributed by atoms with Gasteiger partial charge in [0, 0.05) is 0 Å². The van der Waals surface area contributed by atoms with Gasteiger partial charge in [0.25, 0.3) is 0 Å². The Labute approximate surface area is 268 Å². The number of ether oxygens (including phenoxy) is 2. The van der Waals surface area contributed by atoms with Crippen LogP contribution in [0.25, 0.3) is 0 Å². The second kappa shape index (κ2) is 12.3. The monoisotopic (exact) mass is 634 g/mol. The standard InChI is InChI=1S/C36H58O9/c1-19(2)9-8-10-20(31(42)43)21-11-16-36(7)27-22(12-15-35(21,36)6)34(5)14-13-26(38)33(3,4)25(34)17-23(27)44-32-30(41)29(40)28(39)24(18-37)45-32/h9,20-21,23-26,28-30,32,37-41H,8,10-18H2,1-7H3,(H,42,43)/t20-,21-,23-,24-,25+,26+,28-,29+,30-,32-,34-,35-,36+/m1/s1. The van der Waals surface area contributed by atoms with E-state index < -0.39 is 66.8 Å². The quantitative estimate of drug-likeness (QED) is 0.214. The predicted octanol–water partition coefficient (Wildman–Crippen LogP) is 4.34. The van der Waals surface area contributed by atoms with Crippen molar-refractivity contribution in [1.82, 2.24) is 0 Å². The summed E-state index contributed by atoms with van der Waals surface area (Å²) in [6, 6.07) is 0. The summed E-state index contributed by atoms with van der Waals surface area (Å²) >= 11 is 0. The number of hydrogen-bond acceptors (Lipinski definition) is 8. The highest BCUT2D eigenvalue weighted by atomic mass is 16.7. The van der Waals surface area contributed by atoms with Crippen LogP contribution in [-0.2, 0) is 14.3 Å². The second-order valence-corrected chi connectivity index (χ2v) is 16.5. The van der Waals surface area contributed by atoms with Crippen LogP contribution < -0.4 is 0 Å². The van der Waals surface area contributed by atoms with Gasteiger partial charge in [-0.2, -0.15) is 0 Å². The molecule has 45 heavy (non-hydrogen) atoms. The molecule has 1 saturated heterocycles. The number of hydrogen-bond donors (Lipinski definition) is 6. The Morgan fingerprint density at radius 3 is 2.31 bits per heavy atom. The lowest BCUT2D eigenvalue weighted by Crippen LogP contribution is -2.62. The molecule has 1 heterocycles. The fraction of sp³-hybridized carbons (Fsp3) is 0.861. The Morgan fingerprint density at radius 1 is 1.00 bits per heavy atom. The SMILES string of the molecule is CC(C)=CCC[C@@H](C(=O)O)[C@H]1CC[C@@]2(C)C3=C(CC[C@]12C)[C@@]1(C)CC[C@H](O)C(C)(C)[C@@H]1C[C@H]3O[C@@H]1O[C@H](CO)[C@@H](O)[C@H](O)[C@H]1O. The molecule has 9 heteroatoms. The number of aliphatic hydroxyl groups is 5. The molecule has 9 nitrogen and oxygen atoms in total. The Hall–Kier alpha value is -1.33. The first-order valence-electron chi connectivity index (χ1n) is 17.2. The average Bonchev–Trinajstić information content (AvgIpc) is 3.24. The summed E-state index contributed by atoms with van der Waals surface area (Å²) < 4.78 is 12.6. The molecule has 0 aromatic rings. The van der Waals surface area contributed by atoms with Crippen LogP contribution in [0.15, 0.2) is 22.8 Å². The lowest BCUT2D eigenvalue weighted by Gasteiger charge is -2.63. The average molecular weight is 635 g/mol. The van der Waals surface area contributed by atoms with Crippen LogP contribution in [0.1, 0.15) is 106 Å². The molecule has 6 N–H and O–H groups in total. The van der Waals surface area contributed by atoms with Gasteiger partial charge in [-0.25, -0.2) is 0 Å². The lowest BCUT2D eigenvalue weighted by atomic mass is 9.42. The topological polar surface area (TPSA) is 157 Å². The third-order valence-electron chi connectivity index (χ3n) is 13.8. The zero-order valence-electron chi connectivity index (χ0n) is 28.3. The molecule has 5 aliphatic rings. The summed E-state index contributed by atoms with van der Waals surface area (Å²) in [6.07, 6.45) is 1.01. The summed E-state index contributed by atoms with van der Waals surface area (Å²) in [4.78, 5) is 12.8. The van der Waals surface area contributed by atoms with Gasteiger partial charge in [0.1, 0.15) is 24.4 Å². The maximum Gasteiger partial charge on any atom is 0.306 e. The summed E-state index contributed by atoms with van der Waals surface area (Å²) in [5, 5.41) is 63.6. The first-order chi connectivity index (χ1) is 20.9. The molecule has 3 fully saturated rings. The largest absolute Gasteiger partial charge is 0.481 e. The number of carboxylic acids is 1. The predicted molar refractivity (Wildman–Crippen MR) is 169 cm³/mol. The fourth-order valence-corrected chi connectivity index (χ4v) is 10.8. The van der Waals surface area contributed by atoms with Crippen LogP contribution in [0.5, 0.6) is 0 Å². The Morgan fingerprint density at radius 2 is 1.69 bits per heavy atom. The van der Waals surface area contributed by atoms with E-state index in [1.165, 1.54) is 16.7 Å². The van der Waals surface area contributed by atoms with Gasteiger partial charge in [-0.15, -0.1) is 0 Å². The van der Waals surface area contributed by atoms with Crippen molar-refractivity contribution < 1.29 is 44.9 Å². The van der Waals surface area contributed by atoms with Gasteiger partial charge in [-0.05, 0) is 111 Å². The van der Waals surface area contributed by atoms with E-state index in [0.29, 0.717) is 19.3 Å². The molecular formula is C36H58O9. The summed E-state index contributed by atoms with van der Waals surface area (Å²) in [5.74, 6) is -1.14. The lowest BCUT2D eigenvalue weighted by molar-refractivity contribution is -0.313. The Bertz CT molecular complexity index is 1190. The summed E-state index contributed by atoms with van der Waals surface area (Å²) in [7, 11) is 0. The number of aliphatic carboxylic acids is 1. The molecule has 2 saturated carbocycles. The molecule has 0 aromatic carbocycles. The van der Waals surface area contributed by atoms with E-state index in [-0.39, 0.29) is 28.1 Å². The maximum absolute atomic E-state index is 12.8. The van der Waals surface area contributed by atoms with Crippen LogP contribution in [0.4, 0.5) is 0 Å². The molecule has 0 radical (unpaired) electrons. The molecule has 0 spiro atoms. The van der Waals surface area contributed by atoms with Gasteiger partial charge < -0.3 is 40.1 Å². The zero-order chi connectivity index (χ0) is 33.3. The first kappa shape index (κ1) is 35.0. The van der Waals surface area contributed by atoms with Gasteiger partial charge in [0.15, 0.2) is 6.29 Å². The summed E-state index contributed by atoms with van der Waals surface area (Å²) in [5.41, 5.74) is 2.45. The Balaban J connectivity index is 1.59. The van der Waals surface area contributed by atoms with E-state index >= 15 is 0 Å². The number of carboxylic acid groups (broad SMARTS) is 1. The van der Waals surface area contributed by atoms with Crippen molar-refractivity contribution in [3.63, 3.8) is 0 Å². The molecule has 5 rings (SSSR count). The number of aliphatic hydroxyl groups excluding tert-OH is 5. The molecular weight excluding hydrogens is 576 g/mol. The highest BCUT2D eigenvalue weighted by Crippen LogP contribution is 2.73. The van der Waals surface area contributed by atoms with Crippen LogP contribution in [0.3, 0.4) is 0 Å². The highest BCUT2D eigenvalue weighted by molar-refractivity contribution is 5.70. The van der Waals surface area contributed by atoms with Crippen molar-refractivity contribution >= 4 is 5.97 Å². The van der Waals surface area contributed by atoms with Crippen LogP contribution in [0.2, 0.25) is 0 Å². The van der Waals surface area contributed by atoms with Crippen molar-refractivity contribution in [1.29, 1.82) is 0 Å². The molecule has 0 aromatic heterocycles. The maximum atomic E-state index is 12.8. The van der Waals surface area contributed by atoms with Gasteiger partial charge in [-0.1, -0.05) is 51.8 Å². The minimum atomic E-state index is -1.55. The molecule has 0 unspecified atom stereocenters. The van der Waals surface area contributed by atoms with Crippen molar-refractivity contribution in [3.8, 4) is 0 Å². The molecule has 1 aliphatic heterocycles. The van der Waals surface area contributed by atoms with Crippen LogP contribution >= 0.6 is 0 Å². The van der Waals surface area contributed by atoms with Gasteiger partial charge >= 0.3 is 5.97 Å². The molecule has 4 aliphatic carbocycles. The van der Waals surface area contributed by atoms with E-state index in [1.807, 2.05) is 13.8 Å². The number of carbonyl (C=O) groups is 1. The minimum Gasteiger partial charge on any atom is -0.481 e. The van der Waals surface area contributed by atoms with Crippen LogP contribution in [-0.4, -0.2) is 86.1 Å². The first-order valence-corrected chi connectivity index (χ1v) is 17.2. The minimum absolute atomic E-state index is 0.0114. The normalized spacial score (nSPS) is 46.5. The second-order valence-electron chi connectivity index (χ2n) is 16.5. The molecule has 0 bridgehead atoms. The van der Waals surface area contributed by atoms with E-state index in [4.69, 9.17) is 9.47 Å². The molecule has 13 atom stereocenters. The van der Waals surface area contributed by atoms with E-state index in [1.54, 1.807) is 0 Å². The van der Waals surface area contributed by atoms with Gasteiger partial charge in [-0.3, -0.25) is 4.79 Å². The third kappa shape index (κ3) is 5.46. The van der Waals surface area contributed by atoms with Crippen molar-refractivity contribution in [3.05, 3.63) is 22.8 Å². The smallest absolute Gasteiger partial charge is 0.306 e.